The predicted molar refractivity (Wildman–Crippen MR) is 68.5 cm³/mol. The lowest BCUT2D eigenvalue weighted by Crippen LogP contribution is -2.57. The summed E-state index contributed by atoms with van der Waals surface area (Å²) in [4.78, 5) is 27.3. The Hall–Kier alpha value is -1.62. The van der Waals surface area contributed by atoms with Crippen molar-refractivity contribution in [1.82, 2.24) is 4.90 Å². The van der Waals surface area contributed by atoms with E-state index in [2.05, 4.69) is 0 Å². The van der Waals surface area contributed by atoms with Crippen molar-refractivity contribution < 1.29 is 14.0 Å². The van der Waals surface area contributed by atoms with Gasteiger partial charge in [0, 0.05) is 12.2 Å². The van der Waals surface area contributed by atoms with Crippen LogP contribution in [0.5, 0.6) is 0 Å². The predicted octanol–water partition coefficient (Wildman–Crippen LogP) is 1.82. The Morgan fingerprint density at radius 2 is 2.11 bits per heavy atom. The second kappa shape index (κ2) is 4.49. The molecule has 2 saturated heterocycles. The summed E-state index contributed by atoms with van der Waals surface area (Å²) in [6.45, 7) is 0.606. The maximum atomic E-state index is 13.5. The van der Waals surface area contributed by atoms with Crippen molar-refractivity contribution >= 4 is 29.1 Å². The molecule has 2 fully saturated rings. The van der Waals surface area contributed by atoms with Crippen LogP contribution in [0.25, 0.3) is 0 Å². The maximum Gasteiger partial charge on any atom is 0.250 e. The SMILES string of the molecule is O=C1C2CCCN2C(=O)CN1c1ccc(Cl)c(F)c1. The third kappa shape index (κ3) is 1.98. The number of nitrogens with zero attached hydrogens (tertiary/aromatic N) is 2. The Morgan fingerprint density at radius 1 is 1.32 bits per heavy atom. The molecule has 2 aliphatic heterocycles. The largest absolute Gasteiger partial charge is 0.329 e. The average Bonchev–Trinajstić information content (AvgIpc) is 2.87. The number of benzene rings is 1. The van der Waals surface area contributed by atoms with E-state index in [9.17, 15) is 14.0 Å². The van der Waals surface area contributed by atoms with Crippen molar-refractivity contribution in [1.29, 1.82) is 0 Å². The Morgan fingerprint density at radius 3 is 2.84 bits per heavy atom. The maximum absolute atomic E-state index is 13.5. The molecular weight excluding hydrogens is 271 g/mol. The van der Waals surface area contributed by atoms with Crippen LogP contribution in [0, 0.1) is 5.82 Å². The first kappa shape index (κ1) is 12.4. The van der Waals surface area contributed by atoms with Crippen LogP contribution in [-0.4, -0.2) is 35.8 Å². The summed E-state index contributed by atoms with van der Waals surface area (Å²) >= 11 is 5.62. The van der Waals surface area contributed by atoms with E-state index in [0.29, 0.717) is 18.7 Å². The van der Waals surface area contributed by atoms with Gasteiger partial charge in [-0.1, -0.05) is 11.6 Å². The summed E-state index contributed by atoms with van der Waals surface area (Å²) in [6, 6.07) is 3.75. The molecule has 3 rings (SSSR count). The molecule has 6 heteroatoms. The summed E-state index contributed by atoms with van der Waals surface area (Å²) in [5, 5.41) is 0.00188. The topological polar surface area (TPSA) is 40.6 Å². The highest BCUT2D eigenvalue weighted by Crippen LogP contribution is 2.29. The van der Waals surface area contributed by atoms with Crippen LogP contribution in [0.4, 0.5) is 10.1 Å². The lowest BCUT2D eigenvalue weighted by Gasteiger charge is -2.36. The van der Waals surface area contributed by atoms with E-state index in [1.54, 1.807) is 11.0 Å². The van der Waals surface area contributed by atoms with Gasteiger partial charge in [0.2, 0.25) is 11.8 Å². The zero-order valence-electron chi connectivity index (χ0n) is 10.1. The van der Waals surface area contributed by atoms with Gasteiger partial charge in [-0.2, -0.15) is 0 Å². The molecule has 0 radical (unpaired) electrons. The molecule has 1 aromatic rings. The van der Waals surface area contributed by atoms with Crippen LogP contribution >= 0.6 is 11.6 Å². The quantitative estimate of drug-likeness (QED) is 0.788. The van der Waals surface area contributed by atoms with Crippen molar-refractivity contribution in [3.8, 4) is 0 Å². The Balaban J connectivity index is 1.94. The van der Waals surface area contributed by atoms with Crippen molar-refractivity contribution in [2.24, 2.45) is 0 Å². The number of fused-ring (bicyclic) bond motifs is 1. The summed E-state index contributed by atoms with van der Waals surface area (Å²) in [7, 11) is 0. The van der Waals surface area contributed by atoms with Gasteiger partial charge in [0.05, 0.1) is 5.02 Å². The van der Waals surface area contributed by atoms with Gasteiger partial charge >= 0.3 is 0 Å². The van der Waals surface area contributed by atoms with Gasteiger partial charge < -0.3 is 9.80 Å². The van der Waals surface area contributed by atoms with Gasteiger partial charge in [-0.05, 0) is 31.0 Å². The van der Waals surface area contributed by atoms with Crippen LogP contribution < -0.4 is 4.90 Å². The first-order chi connectivity index (χ1) is 9.08. The first-order valence-electron chi connectivity index (χ1n) is 6.14. The Bertz CT molecular complexity index is 564. The zero-order chi connectivity index (χ0) is 13.6. The van der Waals surface area contributed by atoms with E-state index in [4.69, 9.17) is 11.6 Å². The zero-order valence-corrected chi connectivity index (χ0v) is 10.9. The number of carbonyl (C=O) groups is 2. The monoisotopic (exact) mass is 282 g/mol. The van der Waals surface area contributed by atoms with E-state index in [1.165, 1.54) is 17.0 Å². The molecule has 4 nitrogen and oxygen atoms in total. The van der Waals surface area contributed by atoms with Crippen molar-refractivity contribution in [2.75, 3.05) is 18.0 Å². The van der Waals surface area contributed by atoms with Gasteiger partial charge in [0.15, 0.2) is 0 Å². The highest BCUT2D eigenvalue weighted by atomic mass is 35.5. The average molecular weight is 283 g/mol. The molecule has 1 aromatic carbocycles. The fourth-order valence-corrected chi connectivity index (χ4v) is 2.79. The lowest BCUT2D eigenvalue weighted by molar-refractivity contribution is -0.140. The van der Waals surface area contributed by atoms with Crippen LogP contribution in [0.1, 0.15) is 12.8 Å². The minimum Gasteiger partial charge on any atom is -0.329 e. The minimum atomic E-state index is -0.590. The molecule has 0 N–H and O–H groups in total. The molecule has 2 aliphatic rings. The molecule has 0 aromatic heterocycles. The summed E-state index contributed by atoms with van der Waals surface area (Å²) in [5.41, 5.74) is 0.381. The number of piperazine rings is 1. The van der Waals surface area contributed by atoms with Crippen molar-refractivity contribution in [2.45, 2.75) is 18.9 Å². The van der Waals surface area contributed by atoms with E-state index in [1.807, 2.05) is 0 Å². The van der Waals surface area contributed by atoms with Crippen molar-refractivity contribution in [3.05, 3.63) is 29.0 Å². The first-order valence-corrected chi connectivity index (χ1v) is 6.51. The number of halogens is 2. The minimum absolute atomic E-state index is 0.00188. The van der Waals surface area contributed by atoms with E-state index in [0.717, 1.165) is 6.42 Å². The van der Waals surface area contributed by atoms with Crippen LogP contribution in [-0.2, 0) is 9.59 Å². The van der Waals surface area contributed by atoms with Gasteiger partial charge in [-0.25, -0.2) is 4.39 Å². The lowest BCUT2D eigenvalue weighted by atomic mass is 10.1. The molecule has 1 unspecified atom stereocenters. The second-order valence-corrected chi connectivity index (χ2v) is 5.18. The molecule has 1 atom stereocenters. The summed E-state index contributed by atoms with van der Waals surface area (Å²) < 4.78 is 13.5. The molecule has 2 heterocycles. The summed E-state index contributed by atoms with van der Waals surface area (Å²) in [5.74, 6) is -0.815. The van der Waals surface area contributed by atoms with Gasteiger partial charge in [-0.15, -0.1) is 0 Å². The molecule has 19 heavy (non-hydrogen) atoms. The number of anilines is 1. The number of hydrogen-bond donors (Lipinski definition) is 0. The fourth-order valence-electron chi connectivity index (χ4n) is 2.68. The van der Waals surface area contributed by atoms with E-state index >= 15 is 0 Å². The molecular formula is C13H12ClFN2O2. The van der Waals surface area contributed by atoms with Gasteiger partial charge in [-0.3, -0.25) is 9.59 Å². The molecule has 0 bridgehead atoms. The normalized spacial score (nSPS) is 22.9. The smallest absolute Gasteiger partial charge is 0.250 e. The number of carbonyl (C=O) groups excluding carboxylic acids is 2. The van der Waals surface area contributed by atoms with Gasteiger partial charge in [0.25, 0.3) is 0 Å². The van der Waals surface area contributed by atoms with Gasteiger partial charge in [0.1, 0.15) is 18.4 Å². The van der Waals surface area contributed by atoms with Crippen LogP contribution in [0.15, 0.2) is 18.2 Å². The van der Waals surface area contributed by atoms with E-state index in [-0.39, 0.29) is 29.4 Å². The number of hydrogen-bond acceptors (Lipinski definition) is 2. The molecule has 0 spiro atoms. The molecule has 100 valence electrons. The van der Waals surface area contributed by atoms with Crippen molar-refractivity contribution in [3.63, 3.8) is 0 Å². The number of rotatable bonds is 1. The standard InChI is InChI=1S/C13H12ClFN2O2/c14-9-4-3-8(6-10(9)15)17-7-12(18)16-5-1-2-11(16)13(17)19/h3-4,6,11H,1-2,5,7H2. The number of amides is 2. The molecule has 0 aliphatic carbocycles. The van der Waals surface area contributed by atoms with E-state index < -0.39 is 5.82 Å². The Labute approximate surface area is 114 Å². The third-order valence-corrected chi connectivity index (χ3v) is 3.94. The fraction of sp³-hybridized carbons (Fsp3) is 0.385. The van der Waals surface area contributed by atoms with Crippen LogP contribution in [0.3, 0.4) is 0 Å². The second-order valence-electron chi connectivity index (χ2n) is 4.77. The summed E-state index contributed by atoms with van der Waals surface area (Å²) in [6.07, 6.45) is 1.52. The van der Waals surface area contributed by atoms with Crippen LogP contribution in [0.2, 0.25) is 5.02 Å². The third-order valence-electron chi connectivity index (χ3n) is 3.63. The highest BCUT2D eigenvalue weighted by molar-refractivity contribution is 6.30. The molecule has 2 amide bonds. The Kier molecular flexibility index (Phi) is 2.93. The molecule has 0 saturated carbocycles. The highest BCUT2D eigenvalue weighted by Gasteiger charge is 2.42.